The van der Waals surface area contributed by atoms with Crippen LogP contribution in [-0.2, 0) is 4.79 Å². The fourth-order valence-corrected chi connectivity index (χ4v) is 2.39. The second-order valence-corrected chi connectivity index (χ2v) is 5.27. The van der Waals surface area contributed by atoms with Crippen LogP contribution < -0.4 is 5.32 Å². The number of benzene rings is 1. The van der Waals surface area contributed by atoms with Crippen molar-refractivity contribution in [3.05, 3.63) is 35.9 Å². The summed E-state index contributed by atoms with van der Waals surface area (Å²) >= 11 is 0. The Balaban J connectivity index is 1.64. The third-order valence-corrected chi connectivity index (χ3v) is 3.68. The minimum Gasteiger partial charge on any atom is -0.349 e. The van der Waals surface area contributed by atoms with E-state index in [1.54, 1.807) is 19.0 Å². The molecule has 1 N–H and O–H groups in total. The predicted octanol–water partition coefficient (Wildman–Crippen LogP) is 2.00. The highest BCUT2D eigenvalue weighted by atomic mass is 16.2. The molecule has 1 fully saturated rings. The third kappa shape index (κ3) is 3.33. The first-order valence-electron chi connectivity index (χ1n) is 6.65. The Labute approximate surface area is 109 Å². The van der Waals surface area contributed by atoms with Gasteiger partial charge < -0.3 is 10.2 Å². The Bertz CT molecular complexity index is 383. The maximum atomic E-state index is 11.4. The Morgan fingerprint density at radius 3 is 2.56 bits per heavy atom. The summed E-state index contributed by atoms with van der Waals surface area (Å²) in [6.45, 7) is 0.795. The normalized spacial score (nSPS) is 22.3. The van der Waals surface area contributed by atoms with Crippen LogP contribution >= 0.6 is 0 Å². The highest BCUT2D eigenvalue weighted by Gasteiger charge is 2.29. The zero-order chi connectivity index (χ0) is 13.0. The summed E-state index contributed by atoms with van der Waals surface area (Å²) in [7, 11) is 3.61. The van der Waals surface area contributed by atoms with Gasteiger partial charge in [0.1, 0.15) is 0 Å². The molecule has 0 saturated heterocycles. The van der Waals surface area contributed by atoms with E-state index in [1.807, 2.05) is 0 Å². The molecule has 0 heterocycles. The van der Waals surface area contributed by atoms with Crippen molar-refractivity contribution in [3.8, 4) is 0 Å². The van der Waals surface area contributed by atoms with E-state index in [1.165, 1.54) is 18.4 Å². The van der Waals surface area contributed by atoms with Crippen LogP contribution in [0.15, 0.2) is 30.3 Å². The summed E-state index contributed by atoms with van der Waals surface area (Å²) < 4.78 is 0. The largest absolute Gasteiger partial charge is 0.349 e. The highest BCUT2D eigenvalue weighted by molar-refractivity contribution is 5.75. The third-order valence-electron chi connectivity index (χ3n) is 3.68. The van der Waals surface area contributed by atoms with E-state index < -0.39 is 0 Å². The lowest BCUT2D eigenvalue weighted by Crippen LogP contribution is -2.41. The summed E-state index contributed by atoms with van der Waals surface area (Å²) in [5.74, 6) is 0.898. The number of amides is 1. The van der Waals surface area contributed by atoms with Gasteiger partial charge in [-0.15, -0.1) is 0 Å². The molecule has 3 nitrogen and oxygen atoms in total. The molecule has 0 spiro atoms. The Morgan fingerprint density at radius 1 is 1.28 bits per heavy atom. The zero-order valence-electron chi connectivity index (χ0n) is 11.2. The van der Waals surface area contributed by atoms with Gasteiger partial charge in [-0.25, -0.2) is 0 Å². The molecule has 98 valence electrons. The van der Waals surface area contributed by atoms with Gasteiger partial charge in [0.2, 0.25) is 5.91 Å². The molecular formula is C15H22N2O. The highest BCUT2D eigenvalue weighted by Crippen LogP contribution is 2.36. The molecule has 1 saturated carbocycles. The van der Waals surface area contributed by atoms with Crippen LogP contribution in [-0.4, -0.2) is 37.5 Å². The second-order valence-electron chi connectivity index (χ2n) is 5.27. The van der Waals surface area contributed by atoms with Crippen molar-refractivity contribution in [2.75, 3.05) is 20.6 Å². The molecule has 0 aromatic heterocycles. The quantitative estimate of drug-likeness (QED) is 0.862. The van der Waals surface area contributed by atoms with Crippen LogP contribution in [0.4, 0.5) is 0 Å². The van der Waals surface area contributed by atoms with Crippen LogP contribution in [0.1, 0.15) is 30.7 Å². The summed E-state index contributed by atoms with van der Waals surface area (Å²) in [6, 6.07) is 11.3. The van der Waals surface area contributed by atoms with Gasteiger partial charge >= 0.3 is 0 Å². The molecule has 3 heteroatoms. The number of carbonyl (C=O) groups excluding carboxylic acids is 1. The molecule has 0 bridgehead atoms. The predicted molar refractivity (Wildman–Crippen MR) is 73.5 cm³/mol. The first-order valence-corrected chi connectivity index (χ1v) is 6.65. The molecule has 1 amide bonds. The number of carbonyl (C=O) groups is 1. The van der Waals surface area contributed by atoms with Crippen LogP contribution in [0.25, 0.3) is 0 Å². The molecule has 0 unspecified atom stereocenters. The zero-order valence-corrected chi connectivity index (χ0v) is 11.2. The summed E-state index contributed by atoms with van der Waals surface area (Å²) in [4.78, 5) is 13.1. The van der Waals surface area contributed by atoms with E-state index in [-0.39, 0.29) is 5.91 Å². The average Bonchev–Trinajstić information content (AvgIpc) is 2.32. The maximum Gasteiger partial charge on any atom is 0.223 e. The van der Waals surface area contributed by atoms with Gasteiger partial charge in [-0.3, -0.25) is 4.79 Å². The van der Waals surface area contributed by atoms with E-state index in [0.717, 1.165) is 6.54 Å². The first kappa shape index (κ1) is 13.1. The standard InChI is InChI=1S/C15H22N2O/c1-17(2)15(18)8-9-16-14-10-13(11-14)12-6-4-3-5-7-12/h3-7,13-14,16H,8-11H2,1-2H3. The number of rotatable bonds is 5. The van der Waals surface area contributed by atoms with Gasteiger partial charge in [0.25, 0.3) is 0 Å². The van der Waals surface area contributed by atoms with Crippen LogP contribution in [0, 0.1) is 0 Å². The van der Waals surface area contributed by atoms with Crippen molar-refractivity contribution >= 4 is 5.91 Å². The molecule has 0 atom stereocenters. The SMILES string of the molecule is CN(C)C(=O)CCNC1CC(c2ccccc2)C1. The second kappa shape index (κ2) is 6.01. The fraction of sp³-hybridized carbons (Fsp3) is 0.533. The van der Waals surface area contributed by atoms with Gasteiger partial charge in [0, 0.05) is 33.1 Å². The van der Waals surface area contributed by atoms with Gasteiger partial charge in [0.05, 0.1) is 0 Å². The van der Waals surface area contributed by atoms with Crippen molar-refractivity contribution in [2.24, 2.45) is 0 Å². The van der Waals surface area contributed by atoms with Crippen molar-refractivity contribution < 1.29 is 4.79 Å². The van der Waals surface area contributed by atoms with Gasteiger partial charge in [-0.05, 0) is 24.3 Å². The van der Waals surface area contributed by atoms with E-state index in [2.05, 4.69) is 35.6 Å². The molecule has 1 aromatic carbocycles. The number of hydrogen-bond acceptors (Lipinski definition) is 2. The lowest BCUT2D eigenvalue weighted by atomic mass is 9.76. The number of hydrogen-bond donors (Lipinski definition) is 1. The summed E-state index contributed by atoms with van der Waals surface area (Å²) in [6.07, 6.45) is 2.99. The topological polar surface area (TPSA) is 32.3 Å². The van der Waals surface area contributed by atoms with Crippen LogP contribution in [0.3, 0.4) is 0 Å². The van der Waals surface area contributed by atoms with Crippen molar-refractivity contribution in [1.29, 1.82) is 0 Å². The smallest absolute Gasteiger partial charge is 0.223 e. The molecule has 2 rings (SSSR count). The van der Waals surface area contributed by atoms with E-state index >= 15 is 0 Å². The molecule has 1 aliphatic rings. The monoisotopic (exact) mass is 246 g/mol. The number of nitrogens with zero attached hydrogens (tertiary/aromatic N) is 1. The average molecular weight is 246 g/mol. The van der Waals surface area contributed by atoms with E-state index in [0.29, 0.717) is 18.4 Å². The number of nitrogens with one attached hydrogen (secondary N) is 1. The minimum atomic E-state index is 0.196. The van der Waals surface area contributed by atoms with Gasteiger partial charge in [-0.1, -0.05) is 30.3 Å². The summed E-state index contributed by atoms with van der Waals surface area (Å²) in [5.41, 5.74) is 1.44. The van der Waals surface area contributed by atoms with Crippen LogP contribution in [0.5, 0.6) is 0 Å². The minimum absolute atomic E-state index is 0.196. The lowest BCUT2D eigenvalue weighted by molar-refractivity contribution is -0.128. The van der Waals surface area contributed by atoms with Crippen LogP contribution in [0.2, 0.25) is 0 Å². The first-order chi connectivity index (χ1) is 8.66. The summed E-state index contributed by atoms with van der Waals surface area (Å²) in [5, 5.41) is 3.46. The molecule has 0 aliphatic heterocycles. The van der Waals surface area contributed by atoms with Crippen molar-refractivity contribution in [1.82, 2.24) is 10.2 Å². The fourth-order valence-electron chi connectivity index (χ4n) is 2.39. The molecule has 1 aromatic rings. The van der Waals surface area contributed by atoms with Crippen molar-refractivity contribution in [2.45, 2.75) is 31.2 Å². The Kier molecular flexibility index (Phi) is 4.37. The molecule has 18 heavy (non-hydrogen) atoms. The maximum absolute atomic E-state index is 11.4. The molecule has 0 radical (unpaired) electrons. The van der Waals surface area contributed by atoms with Crippen molar-refractivity contribution in [3.63, 3.8) is 0 Å². The molecular weight excluding hydrogens is 224 g/mol. The van der Waals surface area contributed by atoms with E-state index in [9.17, 15) is 4.79 Å². The Hall–Kier alpha value is -1.35. The van der Waals surface area contributed by atoms with Gasteiger partial charge in [0.15, 0.2) is 0 Å². The Morgan fingerprint density at radius 2 is 1.94 bits per heavy atom. The molecule has 1 aliphatic carbocycles. The van der Waals surface area contributed by atoms with Gasteiger partial charge in [-0.2, -0.15) is 0 Å². The lowest BCUT2D eigenvalue weighted by Gasteiger charge is -2.36. The van der Waals surface area contributed by atoms with E-state index in [4.69, 9.17) is 0 Å².